The molecule has 0 radical (unpaired) electrons. The number of aryl methyl sites for hydroxylation is 1. The Morgan fingerprint density at radius 3 is 2.17 bits per heavy atom. The zero-order valence-corrected chi connectivity index (χ0v) is 14.1. The summed E-state index contributed by atoms with van der Waals surface area (Å²) in [4.78, 5) is 24.1. The van der Waals surface area contributed by atoms with Gasteiger partial charge in [-0.2, -0.15) is 0 Å². The lowest BCUT2D eigenvalue weighted by molar-refractivity contribution is -0.129. The van der Waals surface area contributed by atoms with Crippen LogP contribution in [-0.4, -0.2) is 24.0 Å². The van der Waals surface area contributed by atoms with Crippen molar-refractivity contribution in [1.82, 2.24) is 5.32 Å². The van der Waals surface area contributed by atoms with Crippen molar-refractivity contribution in [3.8, 4) is 0 Å². The highest BCUT2D eigenvalue weighted by atomic mass is 16.5. The molecule has 0 aliphatic heterocycles. The maximum absolute atomic E-state index is 12.1. The van der Waals surface area contributed by atoms with E-state index in [4.69, 9.17) is 4.74 Å². The second-order valence-corrected chi connectivity index (χ2v) is 5.85. The minimum atomic E-state index is -0.822. The number of carbonyl (C=O) groups is 2. The molecule has 0 bridgehead atoms. The van der Waals surface area contributed by atoms with Crippen molar-refractivity contribution in [2.24, 2.45) is 0 Å². The summed E-state index contributed by atoms with van der Waals surface area (Å²) in [5.74, 6) is -0.768. The largest absolute Gasteiger partial charge is 0.449 e. The molecule has 2 aromatic carbocycles. The van der Waals surface area contributed by atoms with E-state index in [0.717, 1.165) is 12.8 Å². The second kappa shape index (κ2) is 8.87. The third-order valence-corrected chi connectivity index (χ3v) is 3.76. The quantitative estimate of drug-likeness (QED) is 0.794. The number of esters is 1. The first-order valence-electron chi connectivity index (χ1n) is 8.16. The van der Waals surface area contributed by atoms with Crippen LogP contribution in [0.2, 0.25) is 0 Å². The maximum Gasteiger partial charge on any atom is 0.338 e. The fourth-order valence-electron chi connectivity index (χ4n) is 2.32. The van der Waals surface area contributed by atoms with E-state index < -0.39 is 12.1 Å². The Balaban J connectivity index is 1.77. The van der Waals surface area contributed by atoms with Crippen molar-refractivity contribution in [1.29, 1.82) is 0 Å². The highest BCUT2D eigenvalue weighted by molar-refractivity contribution is 5.92. The van der Waals surface area contributed by atoms with Gasteiger partial charge in [0.1, 0.15) is 0 Å². The Hall–Kier alpha value is -2.62. The van der Waals surface area contributed by atoms with Crippen LogP contribution in [0.15, 0.2) is 60.7 Å². The summed E-state index contributed by atoms with van der Waals surface area (Å²) in [5.41, 5.74) is 1.68. The number of benzene rings is 2. The SMILES string of the molecule is C[C@H](OC(=O)c1ccccc1)C(=O)N[C@@H](C)CCc1ccccc1. The fraction of sp³-hybridized carbons (Fsp3) is 0.300. The third kappa shape index (κ3) is 5.54. The molecule has 4 nitrogen and oxygen atoms in total. The number of nitrogens with one attached hydrogen (secondary N) is 1. The van der Waals surface area contributed by atoms with Crippen molar-refractivity contribution in [3.63, 3.8) is 0 Å². The average molecular weight is 325 g/mol. The normalized spacial score (nSPS) is 12.9. The zero-order chi connectivity index (χ0) is 17.4. The van der Waals surface area contributed by atoms with Gasteiger partial charge < -0.3 is 10.1 Å². The van der Waals surface area contributed by atoms with Gasteiger partial charge in [0.05, 0.1) is 5.56 Å². The summed E-state index contributed by atoms with van der Waals surface area (Å²) < 4.78 is 5.21. The van der Waals surface area contributed by atoms with Gasteiger partial charge in [0.2, 0.25) is 0 Å². The maximum atomic E-state index is 12.1. The van der Waals surface area contributed by atoms with Gasteiger partial charge in [0.25, 0.3) is 5.91 Å². The van der Waals surface area contributed by atoms with E-state index in [9.17, 15) is 9.59 Å². The first kappa shape index (κ1) is 17.7. The van der Waals surface area contributed by atoms with Crippen LogP contribution >= 0.6 is 0 Å². The van der Waals surface area contributed by atoms with E-state index in [-0.39, 0.29) is 11.9 Å². The zero-order valence-electron chi connectivity index (χ0n) is 14.1. The van der Waals surface area contributed by atoms with Crippen molar-refractivity contribution in [3.05, 3.63) is 71.8 Å². The third-order valence-electron chi connectivity index (χ3n) is 3.76. The molecule has 0 spiro atoms. The Morgan fingerprint density at radius 1 is 0.958 bits per heavy atom. The Bertz CT molecular complexity index is 655. The molecule has 126 valence electrons. The number of amides is 1. The summed E-state index contributed by atoms with van der Waals surface area (Å²) in [6.45, 7) is 3.53. The van der Waals surface area contributed by atoms with E-state index >= 15 is 0 Å². The Labute approximate surface area is 142 Å². The van der Waals surface area contributed by atoms with Crippen LogP contribution in [-0.2, 0) is 16.0 Å². The summed E-state index contributed by atoms with van der Waals surface area (Å²) in [6.07, 6.45) is 0.896. The lowest BCUT2D eigenvalue weighted by atomic mass is 10.1. The predicted molar refractivity (Wildman–Crippen MR) is 93.7 cm³/mol. The summed E-state index contributed by atoms with van der Waals surface area (Å²) >= 11 is 0. The van der Waals surface area contributed by atoms with Crippen LogP contribution in [0.25, 0.3) is 0 Å². The minimum Gasteiger partial charge on any atom is -0.449 e. The molecule has 0 saturated carbocycles. The van der Waals surface area contributed by atoms with Crippen LogP contribution in [0.5, 0.6) is 0 Å². The number of hydrogen-bond acceptors (Lipinski definition) is 3. The van der Waals surface area contributed by atoms with Crippen LogP contribution < -0.4 is 5.32 Å². The minimum absolute atomic E-state index is 0.00980. The van der Waals surface area contributed by atoms with Crippen LogP contribution in [0.3, 0.4) is 0 Å². The molecule has 0 aliphatic carbocycles. The van der Waals surface area contributed by atoms with Gasteiger partial charge in [-0.3, -0.25) is 4.79 Å². The smallest absolute Gasteiger partial charge is 0.338 e. The molecule has 2 atom stereocenters. The lowest BCUT2D eigenvalue weighted by Gasteiger charge is -2.18. The van der Waals surface area contributed by atoms with Gasteiger partial charge in [-0.15, -0.1) is 0 Å². The highest BCUT2D eigenvalue weighted by Crippen LogP contribution is 2.07. The van der Waals surface area contributed by atoms with Gasteiger partial charge in [0, 0.05) is 6.04 Å². The summed E-state index contributed by atoms with van der Waals surface area (Å²) in [5, 5.41) is 2.89. The van der Waals surface area contributed by atoms with Crippen molar-refractivity contribution in [2.75, 3.05) is 0 Å². The van der Waals surface area contributed by atoms with Crippen molar-refractivity contribution >= 4 is 11.9 Å². The molecule has 1 amide bonds. The number of ether oxygens (including phenoxy) is 1. The van der Waals surface area contributed by atoms with Gasteiger partial charge >= 0.3 is 5.97 Å². The van der Waals surface area contributed by atoms with Crippen LogP contribution in [0, 0.1) is 0 Å². The standard InChI is InChI=1S/C20H23NO3/c1-15(13-14-17-9-5-3-6-10-17)21-19(22)16(2)24-20(23)18-11-7-4-8-12-18/h3-12,15-16H,13-14H2,1-2H3,(H,21,22)/t15-,16-/m0/s1. The Morgan fingerprint density at radius 2 is 1.54 bits per heavy atom. The molecular formula is C20H23NO3. The molecule has 0 unspecified atom stereocenters. The second-order valence-electron chi connectivity index (χ2n) is 5.85. The topological polar surface area (TPSA) is 55.4 Å². The molecule has 2 rings (SSSR count). The number of rotatable bonds is 7. The molecule has 0 fully saturated rings. The van der Waals surface area contributed by atoms with E-state index in [1.807, 2.05) is 31.2 Å². The van der Waals surface area contributed by atoms with Gasteiger partial charge in [-0.1, -0.05) is 48.5 Å². The first-order valence-corrected chi connectivity index (χ1v) is 8.16. The average Bonchev–Trinajstić information content (AvgIpc) is 2.61. The van der Waals surface area contributed by atoms with Gasteiger partial charge in [0.15, 0.2) is 6.10 Å². The number of hydrogen-bond donors (Lipinski definition) is 1. The molecule has 1 N–H and O–H groups in total. The van der Waals surface area contributed by atoms with E-state index in [1.165, 1.54) is 5.56 Å². The predicted octanol–water partition coefficient (Wildman–Crippen LogP) is 3.37. The molecule has 0 aliphatic rings. The molecule has 0 saturated heterocycles. The van der Waals surface area contributed by atoms with Gasteiger partial charge in [-0.25, -0.2) is 4.79 Å². The van der Waals surface area contributed by atoms with E-state index in [1.54, 1.807) is 31.2 Å². The number of carbonyl (C=O) groups excluding carboxylic acids is 2. The first-order chi connectivity index (χ1) is 11.6. The lowest BCUT2D eigenvalue weighted by Crippen LogP contribution is -2.41. The summed E-state index contributed by atoms with van der Waals surface area (Å²) in [6, 6.07) is 18.8. The molecule has 24 heavy (non-hydrogen) atoms. The monoisotopic (exact) mass is 325 g/mol. The van der Waals surface area contributed by atoms with Crippen LogP contribution in [0.4, 0.5) is 0 Å². The molecule has 2 aromatic rings. The summed E-state index contributed by atoms with van der Waals surface area (Å²) in [7, 11) is 0. The van der Waals surface area contributed by atoms with E-state index in [0.29, 0.717) is 5.56 Å². The van der Waals surface area contributed by atoms with Crippen molar-refractivity contribution < 1.29 is 14.3 Å². The van der Waals surface area contributed by atoms with Crippen molar-refractivity contribution in [2.45, 2.75) is 38.8 Å². The molecule has 4 heteroatoms. The Kier molecular flexibility index (Phi) is 6.55. The fourth-order valence-corrected chi connectivity index (χ4v) is 2.32. The van der Waals surface area contributed by atoms with Gasteiger partial charge in [-0.05, 0) is 44.4 Å². The molecule has 0 aromatic heterocycles. The van der Waals surface area contributed by atoms with E-state index in [2.05, 4.69) is 17.4 Å². The molecule has 0 heterocycles. The molecular weight excluding hydrogens is 302 g/mol. The highest BCUT2D eigenvalue weighted by Gasteiger charge is 2.20. The van der Waals surface area contributed by atoms with Crippen LogP contribution in [0.1, 0.15) is 36.2 Å².